The zero-order valence-electron chi connectivity index (χ0n) is 17.7. The summed E-state index contributed by atoms with van der Waals surface area (Å²) in [7, 11) is -4.02. The summed E-state index contributed by atoms with van der Waals surface area (Å²) in [6.45, 7) is 1.73. The molecule has 1 aliphatic carbocycles. The Bertz CT molecular complexity index is 1320. The van der Waals surface area contributed by atoms with Crippen LogP contribution in [0.15, 0.2) is 53.7 Å². The fourth-order valence-corrected chi connectivity index (χ4v) is 5.42. The minimum Gasteiger partial charge on any atom is -0.464 e. The molecule has 1 aromatic carbocycles. The van der Waals surface area contributed by atoms with Crippen LogP contribution in [0.25, 0.3) is 11.0 Å². The molecule has 0 bridgehead atoms. The lowest BCUT2D eigenvalue weighted by Crippen LogP contribution is -2.46. The van der Waals surface area contributed by atoms with Crippen LogP contribution in [0.2, 0.25) is 0 Å². The van der Waals surface area contributed by atoms with Crippen molar-refractivity contribution < 1.29 is 28.0 Å². The Morgan fingerprint density at radius 1 is 1.36 bits per heavy atom. The van der Waals surface area contributed by atoms with Crippen molar-refractivity contribution in [3.63, 3.8) is 0 Å². The molecule has 1 saturated carbocycles. The van der Waals surface area contributed by atoms with Crippen LogP contribution in [0.3, 0.4) is 0 Å². The lowest BCUT2D eigenvalue weighted by Gasteiger charge is -2.29. The number of hydrogen-bond acceptors (Lipinski definition) is 9. The average molecular weight is 474 g/mol. The van der Waals surface area contributed by atoms with Crippen LogP contribution in [-0.2, 0) is 19.6 Å². The lowest BCUT2D eigenvalue weighted by molar-refractivity contribution is -0.384. The van der Waals surface area contributed by atoms with E-state index in [1.807, 2.05) is 0 Å². The molecule has 174 valence electrons. The SMILES string of the molecule is CCOC(=O)C1(Nc2c([N+](=O)[O-])cnc3c2ccn3S(=O)(=O)c2ccccc2)CCC(O)C1. The average Bonchev–Trinajstić information content (AvgIpc) is 3.39. The summed E-state index contributed by atoms with van der Waals surface area (Å²) in [6.07, 6.45) is 1.91. The predicted molar refractivity (Wildman–Crippen MR) is 118 cm³/mol. The summed E-state index contributed by atoms with van der Waals surface area (Å²) in [4.78, 5) is 28.0. The van der Waals surface area contributed by atoms with E-state index in [0.717, 1.165) is 10.2 Å². The van der Waals surface area contributed by atoms with E-state index in [-0.39, 0.29) is 41.1 Å². The van der Waals surface area contributed by atoms with Gasteiger partial charge in [-0.3, -0.25) is 10.1 Å². The zero-order valence-corrected chi connectivity index (χ0v) is 18.5. The summed E-state index contributed by atoms with van der Waals surface area (Å²) in [5.74, 6) is -0.642. The molecule has 2 atom stereocenters. The highest BCUT2D eigenvalue weighted by Gasteiger charge is 2.47. The number of nitrogens with one attached hydrogen (secondary N) is 1. The summed E-state index contributed by atoms with van der Waals surface area (Å²) >= 11 is 0. The largest absolute Gasteiger partial charge is 0.464 e. The van der Waals surface area contributed by atoms with Gasteiger partial charge in [0.1, 0.15) is 17.4 Å². The van der Waals surface area contributed by atoms with Gasteiger partial charge in [-0.25, -0.2) is 22.2 Å². The molecule has 11 nitrogen and oxygen atoms in total. The van der Waals surface area contributed by atoms with E-state index >= 15 is 0 Å². The number of pyridine rings is 1. The van der Waals surface area contributed by atoms with E-state index in [4.69, 9.17) is 4.74 Å². The molecule has 2 unspecified atom stereocenters. The second-order valence-corrected chi connectivity index (χ2v) is 9.58. The van der Waals surface area contributed by atoms with Crippen LogP contribution >= 0.6 is 0 Å². The van der Waals surface area contributed by atoms with Crippen LogP contribution in [0.5, 0.6) is 0 Å². The Balaban J connectivity index is 1.88. The maximum absolute atomic E-state index is 13.1. The minimum atomic E-state index is -4.02. The summed E-state index contributed by atoms with van der Waals surface area (Å²) in [5, 5.41) is 25.0. The van der Waals surface area contributed by atoms with Gasteiger partial charge in [0.2, 0.25) is 0 Å². The van der Waals surface area contributed by atoms with Crippen LogP contribution in [0.4, 0.5) is 11.4 Å². The van der Waals surface area contributed by atoms with Gasteiger partial charge in [0.15, 0.2) is 5.65 Å². The van der Waals surface area contributed by atoms with E-state index < -0.39 is 38.2 Å². The van der Waals surface area contributed by atoms with E-state index in [9.17, 15) is 28.4 Å². The van der Waals surface area contributed by atoms with E-state index in [1.54, 1.807) is 25.1 Å². The Morgan fingerprint density at radius 2 is 2.09 bits per heavy atom. The second kappa shape index (κ2) is 8.45. The molecule has 33 heavy (non-hydrogen) atoms. The van der Waals surface area contributed by atoms with Crippen molar-refractivity contribution in [3.8, 4) is 0 Å². The molecule has 0 radical (unpaired) electrons. The molecule has 4 rings (SSSR count). The van der Waals surface area contributed by atoms with Crippen molar-refractivity contribution in [2.45, 2.75) is 42.7 Å². The van der Waals surface area contributed by atoms with Gasteiger partial charge in [-0.15, -0.1) is 0 Å². The van der Waals surface area contributed by atoms with E-state index in [2.05, 4.69) is 10.3 Å². The molecule has 0 aliphatic heterocycles. The number of hydrogen-bond donors (Lipinski definition) is 2. The predicted octanol–water partition coefficient (Wildman–Crippen LogP) is 2.44. The minimum absolute atomic E-state index is 0.00414. The topological polar surface area (TPSA) is 154 Å². The molecule has 1 fully saturated rings. The number of ether oxygens (including phenoxy) is 1. The number of nitrogens with zero attached hydrogens (tertiary/aromatic N) is 3. The number of carbonyl (C=O) groups excluding carboxylic acids is 1. The molecule has 2 aromatic heterocycles. The first-order valence-corrected chi connectivity index (χ1v) is 11.7. The molecule has 3 aromatic rings. The Morgan fingerprint density at radius 3 is 2.70 bits per heavy atom. The van der Waals surface area contributed by atoms with E-state index in [1.165, 1.54) is 24.4 Å². The third kappa shape index (κ3) is 3.91. The number of benzene rings is 1. The first kappa shape index (κ1) is 22.7. The van der Waals surface area contributed by atoms with Crippen LogP contribution < -0.4 is 5.32 Å². The number of carbonyl (C=O) groups is 1. The Hall–Kier alpha value is -3.51. The number of aliphatic hydroxyl groups excluding tert-OH is 1. The second-order valence-electron chi connectivity index (χ2n) is 7.77. The maximum atomic E-state index is 13.1. The number of esters is 1. The van der Waals surface area contributed by atoms with Gasteiger partial charge in [0, 0.05) is 12.6 Å². The smallest absolute Gasteiger partial charge is 0.331 e. The standard InChI is InChI=1S/C21H22N4O7S/c1-2-32-20(27)21(10-8-14(26)12-21)23-18-16-9-11-24(19(16)22-13-17(18)25(28)29)33(30,31)15-6-4-3-5-7-15/h3-7,9,11,13-14,26H,2,8,10,12H2,1H3,(H,22,23). The summed E-state index contributed by atoms with van der Waals surface area (Å²) in [5.41, 5.74) is -1.92. The third-order valence-corrected chi connectivity index (χ3v) is 7.36. The van der Waals surface area contributed by atoms with Crippen LogP contribution in [0, 0.1) is 10.1 Å². The molecule has 2 N–H and O–H groups in total. The number of aliphatic hydroxyl groups is 1. The molecule has 12 heteroatoms. The van der Waals surface area contributed by atoms with Gasteiger partial charge in [0.05, 0.1) is 27.9 Å². The zero-order chi connectivity index (χ0) is 23.8. The first-order chi connectivity index (χ1) is 15.7. The number of rotatable bonds is 7. The van der Waals surface area contributed by atoms with Gasteiger partial charge >= 0.3 is 11.7 Å². The fourth-order valence-electron chi connectivity index (χ4n) is 4.10. The van der Waals surface area contributed by atoms with Crippen molar-refractivity contribution >= 4 is 38.4 Å². The summed E-state index contributed by atoms with van der Waals surface area (Å²) in [6, 6.07) is 9.10. The maximum Gasteiger partial charge on any atom is 0.331 e. The van der Waals surface area contributed by atoms with Gasteiger partial charge in [-0.05, 0) is 38.0 Å². The Labute approximate surface area is 189 Å². The van der Waals surface area contributed by atoms with E-state index in [0.29, 0.717) is 6.42 Å². The molecular formula is C21H22N4O7S. The highest BCUT2D eigenvalue weighted by atomic mass is 32.2. The molecule has 0 saturated heterocycles. The Kier molecular flexibility index (Phi) is 5.80. The van der Waals surface area contributed by atoms with Gasteiger partial charge < -0.3 is 15.2 Å². The van der Waals surface area contributed by atoms with Gasteiger partial charge in [0.25, 0.3) is 10.0 Å². The number of aromatic nitrogens is 2. The highest BCUT2D eigenvalue weighted by molar-refractivity contribution is 7.90. The molecule has 2 heterocycles. The quantitative estimate of drug-likeness (QED) is 0.298. The van der Waals surface area contributed by atoms with Crippen molar-refractivity contribution in [3.05, 3.63) is 58.9 Å². The highest BCUT2D eigenvalue weighted by Crippen LogP contribution is 2.40. The van der Waals surface area contributed by atoms with Crippen molar-refractivity contribution in [1.82, 2.24) is 8.96 Å². The first-order valence-electron chi connectivity index (χ1n) is 10.3. The van der Waals surface area contributed by atoms with Crippen LogP contribution in [-0.4, -0.2) is 51.6 Å². The third-order valence-electron chi connectivity index (χ3n) is 5.68. The number of anilines is 1. The van der Waals surface area contributed by atoms with Gasteiger partial charge in [-0.2, -0.15) is 0 Å². The van der Waals surface area contributed by atoms with Crippen molar-refractivity contribution in [1.29, 1.82) is 0 Å². The van der Waals surface area contributed by atoms with Gasteiger partial charge in [-0.1, -0.05) is 18.2 Å². The molecule has 0 amide bonds. The normalized spacial score (nSPS) is 20.6. The molecule has 1 aliphatic rings. The van der Waals surface area contributed by atoms with Crippen molar-refractivity contribution in [2.24, 2.45) is 0 Å². The monoisotopic (exact) mass is 474 g/mol. The summed E-state index contributed by atoms with van der Waals surface area (Å²) < 4.78 is 32.4. The van der Waals surface area contributed by atoms with Crippen molar-refractivity contribution in [2.75, 3.05) is 11.9 Å². The fraction of sp³-hybridized carbons (Fsp3) is 0.333. The van der Waals surface area contributed by atoms with Crippen LogP contribution in [0.1, 0.15) is 26.2 Å². The number of nitro groups is 1. The number of fused-ring (bicyclic) bond motifs is 1. The molecular weight excluding hydrogens is 452 g/mol. The lowest BCUT2D eigenvalue weighted by atomic mass is 9.96. The molecule has 0 spiro atoms.